The molecule has 8 heteroatoms. The summed E-state index contributed by atoms with van der Waals surface area (Å²) in [6.45, 7) is 8.45. The first kappa shape index (κ1) is 23.5. The molecule has 0 bridgehead atoms. The van der Waals surface area contributed by atoms with Gasteiger partial charge in [0.15, 0.2) is 0 Å². The van der Waals surface area contributed by atoms with Gasteiger partial charge in [-0.3, -0.25) is 9.29 Å². The third kappa shape index (κ3) is 4.17. The number of nitrogens with zero attached hydrogens (tertiary/aromatic N) is 3. The minimum absolute atomic E-state index is 0.0304. The molecule has 4 rings (SSSR count). The molecule has 0 atom stereocenters. The summed E-state index contributed by atoms with van der Waals surface area (Å²) >= 11 is 0. The maximum absolute atomic E-state index is 13.8. The molecule has 0 N–H and O–H groups in total. The summed E-state index contributed by atoms with van der Waals surface area (Å²) in [6.07, 6.45) is 3.49. The quantitative estimate of drug-likeness (QED) is 0.318. The fraction of sp³-hybridized carbons (Fsp3) is 0.192. The highest BCUT2D eigenvalue weighted by molar-refractivity contribution is 7.92. The van der Waals surface area contributed by atoms with Crippen LogP contribution in [-0.4, -0.2) is 25.1 Å². The molecule has 0 aliphatic rings. The Labute approximate surface area is 199 Å². The van der Waals surface area contributed by atoms with Gasteiger partial charge in [0, 0.05) is 23.8 Å². The zero-order chi connectivity index (χ0) is 24.5. The molecule has 0 saturated heterocycles. The van der Waals surface area contributed by atoms with Crippen molar-refractivity contribution < 1.29 is 17.5 Å². The SMILES string of the molecule is C=CCn1c(C)c(C)c2ccnc(CN(c3ccc(F)cc3)S(=O)(=O)c3ccc(OC)cc3)c21. The number of aromatic nitrogens is 2. The number of ether oxygens (including phenoxy) is 1. The summed E-state index contributed by atoms with van der Waals surface area (Å²) in [7, 11) is -2.48. The molecule has 2 heterocycles. The average molecular weight is 480 g/mol. The van der Waals surface area contributed by atoms with Crippen LogP contribution in [0.1, 0.15) is 17.0 Å². The third-order valence-corrected chi connectivity index (χ3v) is 7.78. The number of allylic oxidation sites excluding steroid dienone is 1. The monoisotopic (exact) mass is 479 g/mol. The highest BCUT2D eigenvalue weighted by Gasteiger charge is 2.27. The van der Waals surface area contributed by atoms with Gasteiger partial charge in [0.1, 0.15) is 11.6 Å². The number of methoxy groups -OCH3 is 1. The third-order valence-electron chi connectivity index (χ3n) is 5.99. The van der Waals surface area contributed by atoms with Gasteiger partial charge in [-0.2, -0.15) is 0 Å². The van der Waals surface area contributed by atoms with Crippen LogP contribution in [0.4, 0.5) is 10.1 Å². The second-order valence-corrected chi connectivity index (χ2v) is 9.79. The van der Waals surface area contributed by atoms with Gasteiger partial charge in [-0.25, -0.2) is 12.8 Å². The van der Waals surface area contributed by atoms with E-state index in [1.54, 1.807) is 24.4 Å². The molecule has 0 aliphatic carbocycles. The first-order valence-corrected chi connectivity index (χ1v) is 12.2. The van der Waals surface area contributed by atoms with Crippen LogP contribution < -0.4 is 9.04 Å². The van der Waals surface area contributed by atoms with Crippen LogP contribution in [0.15, 0.2) is 78.3 Å². The molecule has 0 radical (unpaired) electrons. The van der Waals surface area contributed by atoms with Crippen LogP contribution in [0, 0.1) is 19.7 Å². The number of rotatable bonds is 8. The molecule has 0 spiro atoms. The molecule has 34 heavy (non-hydrogen) atoms. The van der Waals surface area contributed by atoms with Gasteiger partial charge < -0.3 is 9.30 Å². The van der Waals surface area contributed by atoms with E-state index in [-0.39, 0.29) is 11.4 Å². The summed E-state index contributed by atoms with van der Waals surface area (Å²) in [5.74, 6) is 0.101. The molecule has 0 amide bonds. The first-order valence-electron chi connectivity index (χ1n) is 10.7. The molecule has 176 valence electrons. The maximum Gasteiger partial charge on any atom is 0.264 e. The zero-order valence-electron chi connectivity index (χ0n) is 19.3. The lowest BCUT2D eigenvalue weighted by atomic mass is 10.1. The summed E-state index contributed by atoms with van der Waals surface area (Å²) in [6, 6.07) is 13.5. The van der Waals surface area contributed by atoms with Gasteiger partial charge in [-0.05, 0) is 74.0 Å². The van der Waals surface area contributed by atoms with Gasteiger partial charge in [-0.1, -0.05) is 6.08 Å². The molecular formula is C26H26FN3O3S. The smallest absolute Gasteiger partial charge is 0.264 e. The van der Waals surface area contributed by atoms with Crippen molar-refractivity contribution in [3.05, 3.63) is 96.2 Å². The Morgan fingerprint density at radius 1 is 1.09 bits per heavy atom. The largest absolute Gasteiger partial charge is 0.497 e. The summed E-state index contributed by atoms with van der Waals surface area (Å²) in [5.41, 5.74) is 3.96. The van der Waals surface area contributed by atoms with Crippen molar-refractivity contribution in [3.63, 3.8) is 0 Å². The van der Waals surface area contributed by atoms with Crippen molar-refractivity contribution in [1.82, 2.24) is 9.55 Å². The lowest BCUT2D eigenvalue weighted by molar-refractivity contribution is 0.414. The number of sulfonamides is 1. The number of fused-ring (bicyclic) bond motifs is 1. The minimum Gasteiger partial charge on any atom is -0.497 e. The highest BCUT2D eigenvalue weighted by atomic mass is 32.2. The Bertz CT molecular complexity index is 1440. The number of hydrogen-bond acceptors (Lipinski definition) is 4. The molecule has 0 unspecified atom stereocenters. The van der Waals surface area contributed by atoms with Crippen LogP contribution in [-0.2, 0) is 23.1 Å². The summed E-state index contributed by atoms with van der Waals surface area (Å²) < 4.78 is 49.7. The average Bonchev–Trinajstić information content (AvgIpc) is 3.09. The fourth-order valence-corrected chi connectivity index (χ4v) is 5.50. The second-order valence-electron chi connectivity index (χ2n) is 7.93. The highest BCUT2D eigenvalue weighted by Crippen LogP contribution is 2.31. The standard InChI is InChI=1S/C26H26FN3O3S/c1-5-16-29-19(3)18(2)24-14-15-28-25(26(24)29)17-30(21-8-6-20(27)7-9-21)34(31,32)23-12-10-22(33-4)11-13-23/h5-15H,1,16-17H2,2-4H3. The van der Waals surface area contributed by atoms with Gasteiger partial charge in [0.25, 0.3) is 10.0 Å². The van der Waals surface area contributed by atoms with Crippen molar-refractivity contribution in [2.24, 2.45) is 0 Å². The first-order chi connectivity index (χ1) is 16.3. The number of aryl methyl sites for hydroxylation is 1. The zero-order valence-corrected chi connectivity index (χ0v) is 20.1. The van der Waals surface area contributed by atoms with E-state index in [9.17, 15) is 12.8 Å². The van der Waals surface area contributed by atoms with Crippen LogP contribution >= 0.6 is 0 Å². The second kappa shape index (κ2) is 9.30. The Balaban J connectivity index is 1.89. The molecule has 0 aliphatic heterocycles. The summed E-state index contributed by atoms with van der Waals surface area (Å²) in [4.78, 5) is 4.66. The Kier molecular flexibility index (Phi) is 6.43. The van der Waals surface area contributed by atoms with Crippen LogP contribution in [0.2, 0.25) is 0 Å². The van der Waals surface area contributed by atoms with Crippen molar-refractivity contribution in [2.75, 3.05) is 11.4 Å². The number of benzene rings is 2. The van der Waals surface area contributed by atoms with Gasteiger partial charge in [0.05, 0.1) is 35.4 Å². The summed E-state index contributed by atoms with van der Waals surface area (Å²) in [5, 5.41) is 1.00. The van der Waals surface area contributed by atoms with Crippen molar-refractivity contribution in [3.8, 4) is 5.75 Å². The van der Waals surface area contributed by atoms with Gasteiger partial charge >= 0.3 is 0 Å². The molecule has 0 fully saturated rings. The van der Waals surface area contributed by atoms with E-state index >= 15 is 0 Å². The predicted molar refractivity (Wildman–Crippen MR) is 132 cm³/mol. The van der Waals surface area contributed by atoms with E-state index in [2.05, 4.69) is 16.1 Å². The molecular weight excluding hydrogens is 453 g/mol. The number of hydrogen-bond donors (Lipinski definition) is 0. The van der Waals surface area contributed by atoms with E-state index in [0.717, 1.165) is 22.2 Å². The Hall–Kier alpha value is -3.65. The van der Waals surface area contributed by atoms with E-state index in [0.29, 0.717) is 23.7 Å². The minimum atomic E-state index is -4.00. The Morgan fingerprint density at radius 3 is 2.38 bits per heavy atom. The van der Waals surface area contributed by atoms with E-state index in [1.165, 1.54) is 47.8 Å². The number of anilines is 1. The Morgan fingerprint density at radius 2 is 1.76 bits per heavy atom. The van der Waals surface area contributed by atoms with Crippen LogP contribution in [0.3, 0.4) is 0 Å². The van der Waals surface area contributed by atoms with E-state index < -0.39 is 15.8 Å². The van der Waals surface area contributed by atoms with Gasteiger partial charge in [0.2, 0.25) is 0 Å². The maximum atomic E-state index is 13.8. The van der Waals surface area contributed by atoms with Crippen molar-refractivity contribution >= 4 is 26.6 Å². The predicted octanol–water partition coefficient (Wildman–Crippen LogP) is 5.38. The molecule has 0 saturated carbocycles. The molecule has 2 aromatic heterocycles. The topological polar surface area (TPSA) is 64.4 Å². The van der Waals surface area contributed by atoms with Crippen LogP contribution in [0.25, 0.3) is 10.9 Å². The van der Waals surface area contributed by atoms with Gasteiger partial charge in [-0.15, -0.1) is 6.58 Å². The molecule has 2 aromatic carbocycles. The molecule has 4 aromatic rings. The normalized spacial score (nSPS) is 11.5. The lowest BCUT2D eigenvalue weighted by Gasteiger charge is -2.25. The van der Waals surface area contributed by atoms with Crippen molar-refractivity contribution in [2.45, 2.75) is 31.8 Å². The van der Waals surface area contributed by atoms with Crippen LogP contribution in [0.5, 0.6) is 5.75 Å². The van der Waals surface area contributed by atoms with E-state index in [4.69, 9.17) is 4.74 Å². The number of halogens is 1. The van der Waals surface area contributed by atoms with Crippen molar-refractivity contribution in [1.29, 1.82) is 0 Å². The number of pyridine rings is 1. The fourth-order valence-electron chi connectivity index (χ4n) is 4.07. The van der Waals surface area contributed by atoms with E-state index in [1.807, 2.05) is 19.9 Å². The lowest BCUT2D eigenvalue weighted by Crippen LogP contribution is -2.31. The molecule has 6 nitrogen and oxygen atoms in total.